The number of primary sulfonamides is 1. The fraction of sp³-hybridized carbons (Fsp3) is 0.217. The van der Waals surface area contributed by atoms with E-state index in [1.165, 1.54) is 11.3 Å². The van der Waals surface area contributed by atoms with E-state index in [0.29, 0.717) is 28.4 Å². The van der Waals surface area contributed by atoms with Crippen LogP contribution in [0.2, 0.25) is 5.02 Å². The fourth-order valence-electron chi connectivity index (χ4n) is 3.93. The van der Waals surface area contributed by atoms with E-state index in [9.17, 15) is 22.9 Å². The molecule has 0 bridgehead atoms. The molecular weight excluding hydrogens is 528 g/mol. The Hall–Kier alpha value is -3.32. The highest BCUT2D eigenvalue weighted by Crippen LogP contribution is 2.39. The normalized spacial score (nSPS) is 13.0. The van der Waals surface area contributed by atoms with Gasteiger partial charge in [0.1, 0.15) is 21.3 Å². The number of nitrogens with one attached hydrogen (secondary N) is 2. The molecule has 0 spiro atoms. The number of fused-ring (bicyclic) bond motifs is 1. The number of benzene rings is 2. The van der Waals surface area contributed by atoms with E-state index in [-0.39, 0.29) is 5.56 Å². The Morgan fingerprint density at radius 1 is 1.08 bits per heavy atom. The summed E-state index contributed by atoms with van der Waals surface area (Å²) in [7, 11) is -2.80. The van der Waals surface area contributed by atoms with Gasteiger partial charge in [-0.15, -0.1) is 16.2 Å². The van der Waals surface area contributed by atoms with Gasteiger partial charge in [-0.2, -0.15) is 0 Å². The largest absolute Gasteiger partial charge is 0.497 e. The summed E-state index contributed by atoms with van der Waals surface area (Å²) in [6.45, 7) is 0. The van der Waals surface area contributed by atoms with Crippen molar-refractivity contribution >= 4 is 61.2 Å². The Morgan fingerprint density at radius 2 is 1.78 bits per heavy atom. The molecule has 2 aromatic carbocycles. The highest BCUT2D eigenvalue weighted by molar-refractivity contribution is 7.89. The topological polar surface area (TPSA) is 157 Å². The van der Waals surface area contributed by atoms with Gasteiger partial charge in [0.2, 0.25) is 10.0 Å². The van der Waals surface area contributed by atoms with Gasteiger partial charge >= 0.3 is 0 Å². The smallest absolute Gasteiger partial charge is 0.258 e. The Morgan fingerprint density at radius 3 is 2.42 bits per heavy atom. The van der Waals surface area contributed by atoms with Crippen molar-refractivity contribution in [3.8, 4) is 5.75 Å². The van der Waals surface area contributed by atoms with Gasteiger partial charge in [-0.3, -0.25) is 9.59 Å². The number of carbonyl (C=O) groups excluding carboxylic acids is 2. The highest BCUT2D eigenvalue weighted by Gasteiger charge is 2.28. The number of sulfonamides is 1. The van der Waals surface area contributed by atoms with E-state index < -0.39 is 37.4 Å². The maximum Gasteiger partial charge on any atom is 0.258 e. The number of nitrogens with zero attached hydrogens (tertiary/aromatic N) is 1. The highest BCUT2D eigenvalue weighted by atomic mass is 35.5. The van der Waals surface area contributed by atoms with Crippen LogP contribution in [0.1, 0.15) is 44.0 Å². The zero-order chi connectivity index (χ0) is 26.0. The molecule has 1 heterocycles. The molecule has 1 aromatic heterocycles. The van der Waals surface area contributed by atoms with E-state index >= 15 is 0 Å². The zero-order valence-electron chi connectivity index (χ0n) is 19.0. The second-order valence-corrected chi connectivity index (χ2v) is 11.0. The quantitative estimate of drug-likeness (QED) is 0.358. The number of thiophene rings is 1. The monoisotopic (exact) mass is 548 g/mol. The standard InChI is InChI=1S/C23H21ClN4O6S2/c1-34-14-8-6-13(7-9-14)26-22(30)19-15-4-2-3-5-17(15)35-23(19)27-21(29)12-10-16(28-31)20(24)18(11-12)36(25,32)33/h6-11H,2-5H2,1H3,(H,26,30)(H,27,29)(H2,25,32,33). The van der Waals surface area contributed by atoms with E-state index in [2.05, 4.69) is 15.8 Å². The van der Waals surface area contributed by atoms with Crippen molar-refractivity contribution in [2.45, 2.75) is 30.6 Å². The minimum atomic E-state index is -4.34. The van der Waals surface area contributed by atoms with Gasteiger partial charge in [-0.1, -0.05) is 11.6 Å². The molecule has 4 N–H and O–H groups in total. The summed E-state index contributed by atoms with van der Waals surface area (Å²) < 4.78 is 28.9. The molecule has 0 atom stereocenters. The first-order chi connectivity index (χ1) is 17.1. The number of hydrogen-bond donors (Lipinski definition) is 3. The van der Waals surface area contributed by atoms with E-state index in [0.717, 1.165) is 41.8 Å². The molecule has 0 aliphatic heterocycles. The number of carbonyl (C=O) groups is 2. The Balaban J connectivity index is 1.69. The third-order valence-corrected chi connectivity index (χ3v) is 8.31. The molecule has 4 rings (SSSR count). The van der Waals surface area contributed by atoms with Gasteiger partial charge in [0.25, 0.3) is 11.8 Å². The maximum absolute atomic E-state index is 13.3. The summed E-state index contributed by atoms with van der Waals surface area (Å²) >= 11 is 7.20. The lowest BCUT2D eigenvalue weighted by atomic mass is 9.95. The molecule has 0 saturated heterocycles. The van der Waals surface area contributed by atoms with Crippen molar-refractivity contribution in [1.29, 1.82) is 0 Å². The lowest BCUT2D eigenvalue weighted by molar-refractivity contribution is 0.102. The predicted molar refractivity (Wildman–Crippen MR) is 138 cm³/mol. The maximum atomic E-state index is 13.3. The lowest BCUT2D eigenvalue weighted by Crippen LogP contribution is -2.19. The molecular formula is C23H21ClN4O6S2. The molecule has 2 amide bonds. The molecule has 13 heteroatoms. The van der Waals surface area contributed by atoms with Crippen LogP contribution in [0, 0.1) is 4.91 Å². The number of rotatable bonds is 7. The summed E-state index contributed by atoms with van der Waals surface area (Å²) in [6.07, 6.45) is 3.32. The Bertz CT molecular complexity index is 1470. The molecule has 10 nitrogen and oxygen atoms in total. The number of halogens is 1. The van der Waals surface area contributed by atoms with E-state index in [1.807, 2.05) is 0 Å². The second kappa shape index (κ2) is 10.3. The summed E-state index contributed by atoms with van der Waals surface area (Å²) in [5.74, 6) is -0.509. The van der Waals surface area contributed by atoms with Crippen LogP contribution in [0.5, 0.6) is 5.75 Å². The SMILES string of the molecule is COc1ccc(NC(=O)c2c(NC(=O)c3cc(N=O)c(Cl)c(S(N)(=O)=O)c3)sc3c2CCCC3)cc1. The van der Waals surface area contributed by atoms with Gasteiger partial charge in [-0.05, 0) is 72.8 Å². The van der Waals surface area contributed by atoms with Gasteiger partial charge in [0.05, 0.1) is 17.7 Å². The fourth-order valence-corrected chi connectivity index (χ4v) is 6.32. The first-order valence-corrected chi connectivity index (χ1v) is 13.5. The molecule has 188 valence electrons. The Kier molecular flexibility index (Phi) is 7.41. The third kappa shape index (κ3) is 5.26. The summed E-state index contributed by atoms with van der Waals surface area (Å²) in [5.41, 5.74) is 1.10. The van der Waals surface area contributed by atoms with Crippen molar-refractivity contribution in [2.24, 2.45) is 10.3 Å². The molecule has 1 aliphatic carbocycles. The van der Waals surface area contributed by atoms with E-state index in [1.54, 1.807) is 31.4 Å². The first-order valence-electron chi connectivity index (χ1n) is 10.7. The van der Waals surface area contributed by atoms with Gasteiger partial charge in [0.15, 0.2) is 0 Å². The van der Waals surface area contributed by atoms with Crippen LogP contribution in [0.15, 0.2) is 46.5 Å². The van der Waals surface area contributed by atoms with Gasteiger partial charge in [0, 0.05) is 16.1 Å². The predicted octanol–water partition coefficient (Wildman–Crippen LogP) is 4.84. The number of nitroso groups, excluding NO2 is 1. The molecule has 1 aliphatic rings. The molecule has 0 unspecified atom stereocenters. The van der Waals surface area contributed by atoms with Gasteiger partial charge in [-0.25, -0.2) is 13.6 Å². The van der Waals surface area contributed by atoms with Crippen molar-refractivity contribution in [3.63, 3.8) is 0 Å². The number of ether oxygens (including phenoxy) is 1. The number of anilines is 2. The van der Waals surface area contributed by atoms with Crippen LogP contribution >= 0.6 is 22.9 Å². The van der Waals surface area contributed by atoms with Crippen molar-refractivity contribution in [3.05, 3.63) is 67.9 Å². The molecule has 0 saturated carbocycles. The number of methoxy groups -OCH3 is 1. The van der Waals surface area contributed by atoms with Crippen LogP contribution in [-0.2, 0) is 22.9 Å². The lowest BCUT2D eigenvalue weighted by Gasteiger charge is -2.14. The number of aryl methyl sites for hydroxylation is 1. The molecule has 0 fully saturated rings. The van der Waals surface area contributed by atoms with Crippen LogP contribution < -0.4 is 20.5 Å². The number of amides is 2. The Labute approximate surface area is 215 Å². The van der Waals surface area contributed by atoms with Crippen LogP contribution in [0.3, 0.4) is 0 Å². The summed E-state index contributed by atoms with van der Waals surface area (Å²) in [5, 5.41) is 13.3. The number of nitrogens with two attached hydrogens (primary N) is 1. The number of hydrogen-bond acceptors (Lipinski definition) is 8. The average molecular weight is 549 g/mol. The van der Waals surface area contributed by atoms with Crippen molar-refractivity contribution in [1.82, 2.24) is 0 Å². The van der Waals surface area contributed by atoms with Crippen molar-refractivity contribution < 1.29 is 22.7 Å². The minimum absolute atomic E-state index is 0.203. The third-order valence-electron chi connectivity index (χ3n) is 5.66. The summed E-state index contributed by atoms with van der Waals surface area (Å²) in [6, 6.07) is 8.85. The average Bonchev–Trinajstić information content (AvgIpc) is 3.21. The molecule has 0 radical (unpaired) electrons. The van der Waals surface area contributed by atoms with E-state index in [4.69, 9.17) is 21.5 Å². The zero-order valence-corrected chi connectivity index (χ0v) is 21.3. The van der Waals surface area contributed by atoms with Crippen LogP contribution in [0.4, 0.5) is 16.4 Å². The van der Waals surface area contributed by atoms with Crippen LogP contribution in [-0.4, -0.2) is 27.3 Å². The summed E-state index contributed by atoms with van der Waals surface area (Å²) in [4.78, 5) is 38.0. The molecule has 36 heavy (non-hydrogen) atoms. The second-order valence-electron chi connectivity index (χ2n) is 8.00. The van der Waals surface area contributed by atoms with Crippen LogP contribution in [0.25, 0.3) is 0 Å². The van der Waals surface area contributed by atoms with Crippen molar-refractivity contribution in [2.75, 3.05) is 17.7 Å². The molecule has 3 aromatic rings. The minimum Gasteiger partial charge on any atom is -0.497 e. The van der Waals surface area contributed by atoms with Gasteiger partial charge < -0.3 is 15.4 Å². The first kappa shape index (κ1) is 25.8.